The molecule has 9 heteroatoms. The second-order valence-corrected chi connectivity index (χ2v) is 8.12. The highest BCUT2D eigenvalue weighted by molar-refractivity contribution is 6.32. The van der Waals surface area contributed by atoms with Crippen LogP contribution in [0.3, 0.4) is 0 Å². The summed E-state index contributed by atoms with van der Waals surface area (Å²) in [6.07, 6.45) is 6.51. The number of ether oxygens (including phenoxy) is 1. The van der Waals surface area contributed by atoms with Crippen molar-refractivity contribution >= 4 is 40.0 Å². The number of halogens is 1. The van der Waals surface area contributed by atoms with Crippen molar-refractivity contribution in [3.63, 3.8) is 0 Å². The number of carbonyl (C=O) groups excluding carboxylic acids is 1. The van der Waals surface area contributed by atoms with Crippen molar-refractivity contribution in [1.29, 1.82) is 0 Å². The first-order chi connectivity index (χ1) is 16.1. The Morgan fingerprint density at radius 3 is 2.91 bits per heavy atom. The zero-order valence-electron chi connectivity index (χ0n) is 17.7. The summed E-state index contributed by atoms with van der Waals surface area (Å²) in [5.74, 6) is 1.40. The molecular weight excluding hydrogens is 440 g/mol. The van der Waals surface area contributed by atoms with Crippen LogP contribution in [0.15, 0.2) is 67.8 Å². The predicted molar refractivity (Wildman–Crippen MR) is 127 cm³/mol. The van der Waals surface area contributed by atoms with Crippen molar-refractivity contribution in [3.8, 4) is 5.75 Å². The van der Waals surface area contributed by atoms with Crippen molar-refractivity contribution in [1.82, 2.24) is 24.8 Å². The summed E-state index contributed by atoms with van der Waals surface area (Å²) in [7, 11) is 0. The molecule has 0 unspecified atom stereocenters. The SMILES string of the molecule is C=CC(=O)N1CC(c2c[nH]c3ncnc(Nc4ccc(OCc5ccccn5)c(Cl)c4)c23)C1. The van der Waals surface area contributed by atoms with Gasteiger partial charge in [-0.3, -0.25) is 9.78 Å². The predicted octanol–water partition coefficient (Wildman–Crippen LogP) is 4.44. The molecule has 0 spiro atoms. The van der Waals surface area contributed by atoms with Gasteiger partial charge in [-0.05, 0) is 42.0 Å². The average molecular weight is 461 g/mol. The highest BCUT2D eigenvalue weighted by Crippen LogP contribution is 2.36. The van der Waals surface area contributed by atoms with Gasteiger partial charge in [-0.1, -0.05) is 24.2 Å². The Hall–Kier alpha value is -3.91. The Kier molecular flexibility index (Phi) is 5.66. The molecule has 1 amide bonds. The molecule has 0 radical (unpaired) electrons. The fourth-order valence-corrected chi connectivity index (χ4v) is 4.09. The molecule has 8 nitrogen and oxygen atoms in total. The number of H-pyrrole nitrogens is 1. The van der Waals surface area contributed by atoms with E-state index in [2.05, 4.69) is 31.8 Å². The summed E-state index contributed by atoms with van der Waals surface area (Å²) in [6.45, 7) is 5.16. The van der Waals surface area contributed by atoms with Crippen LogP contribution in [-0.4, -0.2) is 43.8 Å². The number of aromatic amines is 1. The third-order valence-corrected chi connectivity index (χ3v) is 5.90. The molecular formula is C24H21ClN6O2. The number of nitrogens with zero attached hydrogens (tertiary/aromatic N) is 4. The molecule has 1 aliphatic rings. The van der Waals surface area contributed by atoms with Gasteiger partial charge in [0, 0.05) is 37.1 Å². The zero-order valence-corrected chi connectivity index (χ0v) is 18.4. The smallest absolute Gasteiger partial charge is 0.245 e. The van der Waals surface area contributed by atoms with Gasteiger partial charge < -0.3 is 19.9 Å². The van der Waals surface area contributed by atoms with E-state index >= 15 is 0 Å². The lowest BCUT2D eigenvalue weighted by atomic mass is 9.91. The Labute approximate surface area is 195 Å². The summed E-state index contributed by atoms with van der Waals surface area (Å²) in [4.78, 5) is 29.8. The number of nitrogens with one attached hydrogen (secondary N) is 2. The van der Waals surface area contributed by atoms with E-state index in [4.69, 9.17) is 16.3 Å². The number of rotatable bonds is 7. The second kappa shape index (κ2) is 8.91. The number of hydrogen-bond donors (Lipinski definition) is 2. The lowest BCUT2D eigenvalue weighted by Crippen LogP contribution is -2.47. The summed E-state index contributed by atoms with van der Waals surface area (Å²) < 4.78 is 5.81. The first-order valence-corrected chi connectivity index (χ1v) is 10.8. The van der Waals surface area contributed by atoms with E-state index in [0.29, 0.717) is 36.3 Å². The maximum absolute atomic E-state index is 11.8. The Bertz CT molecular complexity index is 1320. The lowest BCUT2D eigenvalue weighted by molar-refractivity contribution is -0.130. The van der Waals surface area contributed by atoms with Crippen LogP contribution in [0.4, 0.5) is 11.5 Å². The highest BCUT2D eigenvalue weighted by atomic mass is 35.5. The van der Waals surface area contributed by atoms with Gasteiger partial charge in [-0.2, -0.15) is 0 Å². The van der Waals surface area contributed by atoms with Gasteiger partial charge in [0.05, 0.1) is 16.1 Å². The molecule has 1 aromatic carbocycles. The first kappa shape index (κ1) is 21.0. The molecule has 4 heterocycles. The van der Waals surface area contributed by atoms with Crippen molar-refractivity contribution < 1.29 is 9.53 Å². The first-order valence-electron chi connectivity index (χ1n) is 10.4. The van der Waals surface area contributed by atoms with Gasteiger partial charge in [0.2, 0.25) is 5.91 Å². The number of fused-ring (bicyclic) bond motifs is 1. The van der Waals surface area contributed by atoms with Crippen LogP contribution in [0, 0.1) is 0 Å². The molecule has 4 aromatic rings. The van der Waals surface area contributed by atoms with Gasteiger partial charge in [0.15, 0.2) is 0 Å². The monoisotopic (exact) mass is 460 g/mol. The van der Waals surface area contributed by atoms with Crippen LogP contribution in [0.2, 0.25) is 5.02 Å². The van der Waals surface area contributed by atoms with Gasteiger partial charge in [0.1, 0.15) is 30.1 Å². The molecule has 3 aromatic heterocycles. The van der Waals surface area contributed by atoms with E-state index in [0.717, 1.165) is 28.0 Å². The number of carbonyl (C=O) groups is 1. The largest absolute Gasteiger partial charge is 0.486 e. The standard InChI is InChI=1S/C24H21ClN6O2/c1-2-21(32)31-11-15(12-31)18-10-27-23-22(18)24(29-14-28-23)30-16-6-7-20(19(25)9-16)33-13-17-5-3-4-8-26-17/h2-10,14-15H,1,11-13H2,(H2,27,28,29,30). The van der Waals surface area contributed by atoms with Crippen molar-refractivity contribution in [2.24, 2.45) is 0 Å². The molecule has 1 aliphatic heterocycles. The Morgan fingerprint density at radius 2 is 2.15 bits per heavy atom. The maximum atomic E-state index is 11.8. The number of pyridine rings is 1. The number of anilines is 2. The molecule has 33 heavy (non-hydrogen) atoms. The Morgan fingerprint density at radius 1 is 1.27 bits per heavy atom. The number of hydrogen-bond acceptors (Lipinski definition) is 6. The fraction of sp³-hybridized carbons (Fsp3) is 0.167. The van der Waals surface area contributed by atoms with Crippen LogP contribution in [0.1, 0.15) is 17.2 Å². The second-order valence-electron chi connectivity index (χ2n) is 7.71. The fourth-order valence-electron chi connectivity index (χ4n) is 3.86. The molecule has 166 valence electrons. The molecule has 0 atom stereocenters. The van der Waals surface area contributed by atoms with Crippen LogP contribution in [0.5, 0.6) is 5.75 Å². The molecule has 0 saturated carbocycles. The molecule has 5 rings (SSSR count). The van der Waals surface area contributed by atoms with Gasteiger partial charge in [-0.15, -0.1) is 0 Å². The van der Waals surface area contributed by atoms with E-state index in [1.54, 1.807) is 17.2 Å². The maximum Gasteiger partial charge on any atom is 0.245 e. The van der Waals surface area contributed by atoms with Gasteiger partial charge in [-0.25, -0.2) is 9.97 Å². The number of benzene rings is 1. The zero-order chi connectivity index (χ0) is 22.8. The quantitative estimate of drug-likeness (QED) is 0.396. The van der Waals surface area contributed by atoms with E-state index in [1.165, 1.54) is 12.4 Å². The summed E-state index contributed by atoms with van der Waals surface area (Å²) in [5, 5.41) is 4.73. The Balaban J connectivity index is 1.34. The minimum Gasteiger partial charge on any atom is -0.486 e. The minimum absolute atomic E-state index is 0.0549. The normalized spacial score (nSPS) is 13.5. The number of amides is 1. The van der Waals surface area contributed by atoms with Gasteiger partial charge in [0.25, 0.3) is 0 Å². The van der Waals surface area contributed by atoms with Crippen molar-refractivity contribution in [3.05, 3.63) is 84.1 Å². The van der Waals surface area contributed by atoms with E-state index < -0.39 is 0 Å². The molecule has 1 fully saturated rings. The minimum atomic E-state index is -0.0549. The summed E-state index contributed by atoms with van der Waals surface area (Å²) >= 11 is 6.46. The molecule has 0 aliphatic carbocycles. The molecule has 1 saturated heterocycles. The van der Waals surface area contributed by atoms with E-state index in [9.17, 15) is 4.79 Å². The number of aromatic nitrogens is 4. The summed E-state index contributed by atoms with van der Waals surface area (Å²) in [6, 6.07) is 11.2. The van der Waals surface area contributed by atoms with Crippen molar-refractivity contribution in [2.45, 2.75) is 12.5 Å². The van der Waals surface area contributed by atoms with Gasteiger partial charge >= 0.3 is 0 Å². The lowest BCUT2D eigenvalue weighted by Gasteiger charge is -2.38. The van der Waals surface area contributed by atoms with E-state index in [1.807, 2.05) is 36.5 Å². The van der Waals surface area contributed by atoms with Crippen LogP contribution < -0.4 is 10.1 Å². The average Bonchev–Trinajstić information content (AvgIpc) is 3.23. The third-order valence-electron chi connectivity index (χ3n) is 5.60. The van der Waals surface area contributed by atoms with E-state index in [-0.39, 0.29) is 11.8 Å². The molecule has 2 N–H and O–H groups in total. The van der Waals surface area contributed by atoms with Crippen LogP contribution in [0.25, 0.3) is 11.0 Å². The number of likely N-dealkylation sites (tertiary alicyclic amines) is 1. The van der Waals surface area contributed by atoms with Crippen LogP contribution >= 0.6 is 11.6 Å². The van der Waals surface area contributed by atoms with Crippen LogP contribution in [-0.2, 0) is 11.4 Å². The van der Waals surface area contributed by atoms with Crippen molar-refractivity contribution in [2.75, 3.05) is 18.4 Å². The third kappa shape index (κ3) is 4.25. The molecule has 0 bridgehead atoms. The highest BCUT2D eigenvalue weighted by Gasteiger charge is 2.33. The topological polar surface area (TPSA) is 96.0 Å². The summed E-state index contributed by atoms with van der Waals surface area (Å²) in [5.41, 5.74) is 3.40.